The standard InChI is InChI=1S/C15H28N2O3/c1-15(20-3)8-4-9-17(11-15)10-7-13(14(18)19-2)16-12-5-6-12/h12-13,16H,4-11H2,1-3H3. The average Bonchev–Trinajstić information content (AvgIpc) is 3.26. The van der Waals surface area contributed by atoms with E-state index >= 15 is 0 Å². The Kier molecular flexibility index (Phi) is 5.41. The van der Waals surface area contributed by atoms with Gasteiger partial charge in [0.05, 0.1) is 12.7 Å². The Bertz CT molecular complexity index is 333. The van der Waals surface area contributed by atoms with Crippen molar-refractivity contribution in [2.75, 3.05) is 33.9 Å². The van der Waals surface area contributed by atoms with Crippen LogP contribution < -0.4 is 5.32 Å². The van der Waals surface area contributed by atoms with E-state index in [2.05, 4.69) is 17.1 Å². The van der Waals surface area contributed by atoms with Crippen molar-refractivity contribution in [1.29, 1.82) is 0 Å². The van der Waals surface area contributed by atoms with Crippen LogP contribution in [0.25, 0.3) is 0 Å². The van der Waals surface area contributed by atoms with E-state index in [0.717, 1.165) is 38.9 Å². The van der Waals surface area contributed by atoms with Crippen molar-refractivity contribution >= 4 is 5.97 Å². The van der Waals surface area contributed by atoms with Crippen LogP contribution in [0.2, 0.25) is 0 Å². The Morgan fingerprint density at radius 2 is 2.20 bits per heavy atom. The van der Waals surface area contributed by atoms with Crippen LogP contribution in [0, 0.1) is 0 Å². The molecular weight excluding hydrogens is 256 g/mol. The van der Waals surface area contributed by atoms with Gasteiger partial charge < -0.3 is 19.7 Å². The molecule has 0 aromatic carbocycles. The van der Waals surface area contributed by atoms with Gasteiger partial charge in [0.1, 0.15) is 6.04 Å². The first-order chi connectivity index (χ1) is 9.56. The molecule has 0 amide bonds. The van der Waals surface area contributed by atoms with E-state index in [1.165, 1.54) is 20.0 Å². The van der Waals surface area contributed by atoms with E-state index in [0.29, 0.717) is 6.04 Å². The lowest BCUT2D eigenvalue weighted by molar-refractivity contribution is -0.143. The zero-order valence-corrected chi connectivity index (χ0v) is 13.0. The summed E-state index contributed by atoms with van der Waals surface area (Å²) < 4.78 is 10.5. The first kappa shape index (κ1) is 15.7. The molecule has 0 aromatic rings. The molecular formula is C15H28N2O3. The number of carbonyl (C=O) groups excluding carboxylic acids is 1. The van der Waals surface area contributed by atoms with Gasteiger partial charge in [0.25, 0.3) is 0 Å². The molecule has 2 unspecified atom stereocenters. The van der Waals surface area contributed by atoms with Gasteiger partial charge in [0.2, 0.25) is 0 Å². The van der Waals surface area contributed by atoms with E-state index in [9.17, 15) is 4.79 Å². The van der Waals surface area contributed by atoms with Crippen molar-refractivity contribution in [2.24, 2.45) is 0 Å². The van der Waals surface area contributed by atoms with Crippen molar-refractivity contribution in [3.63, 3.8) is 0 Å². The molecule has 2 rings (SSSR count). The predicted octanol–water partition coefficient (Wildman–Crippen LogP) is 1.17. The molecule has 1 aliphatic carbocycles. The molecule has 2 fully saturated rings. The molecule has 1 heterocycles. The number of likely N-dealkylation sites (tertiary alicyclic amines) is 1. The summed E-state index contributed by atoms with van der Waals surface area (Å²) in [5.74, 6) is -0.136. The maximum Gasteiger partial charge on any atom is 0.322 e. The largest absolute Gasteiger partial charge is 0.468 e. The molecule has 2 atom stereocenters. The zero-order chi connectivity index (χ0) is 14.6. The summed E-state index contributed by atoms with van der Waals surface area (Å²) in [7, 11) is 3.25. The summed E-state index contributed by atoms with van der Waals surface area (Å²) in [6.45, 7) is 5.12. The normalized spacial score (nSPS) is 29.1. The average molecular weight is 284 g/mol. The minimum atomic E-state index is -0.164. The molecule has 1 saturated carbocycles. The molecule has 0 aromatic heterocycles. The fourth-order valence-corrected chi connectivity index (χ4v) is 2.92. The molecule has 1 N–H and O–H groups in total. The molecule has 2 aliphatic rings. The van der Waals surface area contributed by atoms with Crippen LogP contribution in [-0.2, 0) is 14.3 Å². The second kappa shape index (κ2) is 6.87. The summed E-state index contributed by atoms with van der Waals surface area (Å²) in [4.78, 5) is 14.2. The number of esters is 1. The fourth-order valence-electron chi connectivity index (χ4n) is 2.92. The highest BCUT2D eigenvalue weighted by molar-refractivity contribution is 5.75. The third-order valence-corrected chi connectivity index (χ3v) is 4.46. The van der Waals surface area contributed by atoms with Crippen LogP contribution in [-0.4, -0.2) is 62.4 Å². The van der Waals surface area contributed by atoms with Gasteiger partial charge >= 0.3 is 5.97 Å². The summed E-state index contributed by atoms with van der Waals surface area (Å²) in [5, 5.41) is 3.38. The van der Waals surface area contributed by atoms with Crippen molar-refractivity contribution in [1.82, 2.24) is 10.2 Å². The van der Waals surface area contributed by atoms with Gasteiger partial charge in [-0.25, -0.2) is 0 Å². The Hall–Kier alpha value is -0.650. The predicted molar refractivity (Wildman–Crippen MR) is 77.7 cm³/mol. The quantitative estimate of drug-likeness (QED) is 0.711. The van der Waals surface area contributed by atoms with Gasteiger partial charge in [-0.1, -0.05) is 0 Å². The molecule has 5 nitrogen and oxygen atoms in total. The highest BCUT2D eigenvalue weighted by Crippen LogP contribution is 2.24. The van der Waals surface area contributed by atoms with E-state index < -0.39 is 0 Å². The molecule has 0 bridgehead atoms. The Labute approximate surface area is 122 Å². The van der Waals surface area contributed by atoms with Gasteiger partial charge in [0.15, 0.2) is 0 Å². The van der Waals surface area contributed by atoms with Crippen LogP contribution in [0.4, 0.5) is 0 Å². The van der Waals surface area contributed by atoms with E-state index in [1.54, 1.807) is 7.11 Å². The zero-order valence-electron chi connectivity index (χ0n) is 13.0. The van der Waals surface area contributed by atoms with E-state index in [-0.39, 0.29) is 17.6 Å². The summed E-state index contributed by atoms with van der Waals surface area (Å²) in [6.07, 6.45) is 5.44. The smallest absolute Gasteiger partial charge is 0.322 e. The molecule has 1 saturated heterocycles. The molecule has 0 radical (unpaired) electrons. The highest BCUT2D eigenvalue weighted by Gasteiger charge is 2.32. The van der Waals surface area contributed by atoms with Gasteiger partial charge in [-0.2, -0.15) is 0 Å². The third kappa shape index (κ3) is 4.43. The van der Waals surface area contributed by atoms with Crippen LogP contribution in [0.3, 0.4) is 0 Å². The summed E-state index contributed by atoms with van der Waals surface area (Å²) in [6, 6.07) is 0.355. The number of nitrogens with zero attached hydrogens (tertiary/aromatic N) is 1. The van der Waals surface area contributed by atoms with Crippen molar-refractivity contribution < 1.29 is 14.3 Å². The first-order valence-electron chi connectivity index (χ1n) is 7.68. The number of hydrogen-bond acceptors (Lipinski definition) is 5. The molecule has 116 valence electrons. The molecule has 20 heavy (non-hydrogen) atoms. The lowest BCUT2D eigenvalue weighted by Gasteiger charge is -2.39. The SMILES string of the molecule is COC(=O)C(CCN1CCCC(C)(OC)C1)NC1CC1. The number of hydrogen-bond donors (Lipinski definition) is 1. The van der Waals surface area contributed by atoms with E-state index in [1.807, 2.05) is 0 Å². The van der Waals surface area contributed by atoms with Crippen LogP contribution in [0.15, 0.2) is 0 Å². The Balaban J connectivity index is 1.80. The monoisotopic (exact) mass is 284 g/mol. The fraction of sp³-hybridized carbons (Fsp3) is 0.933. The summed E-state index contributed by atoms with van der Waals surface area (Å²) >= 11 is 0. The number of methoxy groups -OCH3 is 2. The number of rotatable bonds is 7. The molecule has 5 heteroatoms. The van der Waals surface area contributed by atoms with Crippen LogP contribution in [0.5, 0.6) is 0 Å². The van der Waals surface area contributed by atoms with Crippen molar-refractivity contribution in [3.05, 3.63) is 0 Å². The minimum absolute atomic E-state index is 0.0388. The first-order valence-corrected chi connectivity index (χ1v) is 7.68. The van der Waals surface area contributed by atoms with Gasteiger partial charge in [-0.15, -0.1) is 0 Å². The van der Waals surface area contributed by atoms with Gasteiger partial charge in [-0.05, 0) is 45.6 Å². The topological polar surface area (TPSA) is 50.8 Å². The lowest BCUT2D eigenvalue weighted by atomic mass is 9.94. The highest BCUT2D eigenvalue weighted by atomic mass is 16.5. The number of piperidine rings is 1. The maximum atomic E-state index is 11.8. The van der Waals surface area contributed by atoms with Gasteiger partial charge in [0, 0.05) is 26.2 Å². The number of carbonyl (C=O) groups is 1. The van der Waals surface area contributed by atoms with Crippen LogP contribution >= 0.6 is 0 Å². The summed E-state index contributed by atoms with van der Waals surface area (Å²) in [5.41, 5.74) is -0.0388. The Morgan fingerprint density at radius 1 is 1.45 bits per heavy atom. The van der Waals surface area contributed by atoms with Crippen LogP contribution in [0.1, 0.15) is 39.0 Å². The molecule has 0 spiro atoms. The minimum Gasteiger partial charge on any atom is -0.468 e. The number of nitrogens with one attached hydrogen (secondary N) is 1. The van der Waals surface area contributed by atoms with Crippen molar-refractivity contribution in [3.8, 4) is 0 Å². The Morgan fingerprint density at radius 3 is 2.80 bits per heavy atom. The van der Waals surface area contributed by atoms with Crippen molar-refractivity contribution in [2.45, 2.75) is 56.7 Å². The second-order valence-corrected chi connectivity index (χ2v) is 6.34. The molecule has 1 aliphatic heterocycles. The van der Waals surface area contributed by atoms with E-state index in [4.69, 9.17) is 9.47 Å². The number of ether oxygens (including phenoxy) is 2. The van der Waals surface area contributed by atoms with Gasteiger partial charge in [-0.3, -0.25) is 4.79 Å². The third-order valence-electron chi connectivity index (χ3n) is 4.46. The lowest BCUT2D eigenvalue weighted by Crippen LogP contribution is -2.49. The maximum absolute atomic E-state index is 11.8. The second-order valence-electron chi connectivity index (χ2n) is 6.34.